The first-order valence-electron chi connectivity index (χ1n) is 5.67. The highest BCUT2D eigenvalue weighted by molar-refractivity contribution is 5.78. The molecule has 0 bridgehead atoms. The van der Waals surface area contributed by atoms with Crippen LogP contribution < -0.4 is 5.32 Å². The van der Waals surface area contributed by atoms with Gasteiger partial charge in [-0.3, -0.25) is 4.98 Å². The summed E-state index contributed by atoms with van der Waals surface area (Å²) < 4.78 is 38.7. The molecule has 0 fully saturated rings. The van der Waals surface area contributed by atoms with Crippen LogP contribution in [0.5, 0.6) is 0 Å². The highest BCUT2D eigenvalue weighted by Gasteiger charge is 2.40. The van der Waals surface area contributed by atoms with E-state index in [4.69, 9.17) is 0 Å². The molecule has 0 aliphatic carbocycles. The third-order valence-electron chi connectivity index (χ3n) is 2.68. The van der Waals surface area contributed by atoms with E-state index < -0.39 is 12.2 Å². The van der Waals surface area contributed by atoms with Crippen LogP contribution in [-0.2, 0) is 0 Å². The molecule has 1 aromatic heterocycles. The van der Waals surface area contributed by atoms with E-state index in [1.807, 2.05) is 0 Å². The minimum Gasteiger partial charge on any atom is -0.303 e. The van der Waals surface area contributed by atoms with Gasteiger partial charge in [-0.15, -0.1) is 0 Å². The molecular weight excluding hydrogens is 241 g/mol. The van der Waals surface area contributed by atoms with Gasteiger partial charge < -0.3 is 5.32 Å². The van der Waals surface area contributed by atoms with Gasteiger partial charge in [-0.1, -0.05) is 25.1 Å². The van der Waals surface area contributed by atoms with Gasteiger partial charge in [0.25, 0.3) is 0 Å². The Morgan fingerprint density at radius 2 is 2.00 bits per heavy atom. The van der Waals surface area contributed by atoms with Crippen molar-refractivity contribution in [3.8, 4) is 0 Å². The number of nitrogens with one attached hydrogen (secondary N) is 1. The van der Waals surface area contributed by atoms with Gasteiger partial charge in [0.15, 0.2) is 0 Å². The fourth-order valence-electron chi connectivity index (χ4n) is 1.87. The molecule has 0 aliphatic heterocycles. The van der Waals surface area contributed by atoms with Crippen LogP contribution in [0.25, 0.3) is 10.9 Å². The summed E-state index contributed by atoms with van der Waals surface area (Å²) in [6, 6.07) is 6.98. The SMILES string of the molecule is CCNC(c1cnc2ccccc2c1)C(F)(F)F. The Morgan fingerprint density at radius 1 is 1.28 bits per heavy atom. The van der Waals surface area contributed by atoms with E-state index in [2.05, 4.69) is 10.3 Å². The Hall–Kier alpha value is -1.62. The van der Waals surface area contributed by atoms with Crippen LogP contribution in [0.2, 0.25) is 0 Å². The lowest BCUT2D eigenvalue weighted by Crippen LogP contribution is -2.34. The molecule has 1 aromatic carbocycles. The number of alkyl halides is 3. The third kappa shape index (κ3) is 2.61. The molecule has 0 radical (unpaired) electrons. The second-order valence-corrected chi connectivity index (χ2v) is 3.99. The maximum atomic E-state index is 12.9. The van der Waals surface area contributed by atoms with Gasteiger partial charge in [0.2, 0.25) is 0 Å². The number of nitrogens with zero attached hydrogens (tertiary/aromatic N) is 1. The normalized spacial score (nSPS) is 13.8. The van der Waals surface area contributed by atoms with Crippen molar-refractivity contribution in [1.29, 1.82) is 0 Å². The number of rotatable bonds is 3. The largest absolute Gasteiger partial charge is 0.407 e. The summed E-state index contributed by atoms with van der Waals surface area (Å²) in [5.41, 5.74) is 0.835. The van der Waals surface area contributed by atoms with E-state index in [1.165, 1.54) is 12.3 Å². The van der Waals surface area contributed by atoms with E-state index in [0.29, 0.717) is 10.9 Å². The predicted octanol–water partition coefficient (Wildman–Crippen LogP) is 3.45. The van der Waals surface area contributed by atoms with E-state index in [0.717, 1.165) is 0 Å². The molecule has 1 heterocycles. The standard InChI is InChI=1S/C13H13F3N2/c1-2-17-12(13(14,15)16)10-7-9-5-3-4-6-11(9)18-8-10/h3-8,12,17H,2H2,1H3. The zero-order valence-electron chi connectivity index (χ0n) is 9.83. The highest BCUT2D eigenvalue weighted by atomic mass is 19.4. The zero-order chi connectivity index (χ0) is 13.2. The van der Waals surface area contributed by atoms with Crippen molar-refractivity contribution in [2.45, 2.75) is 19.1 Å². The van der Waals surface area contributed by atoms with Gasteiger partial charge in [0.05, 0.1) is 5.52 Å². The van der Waals surface area contributed by atoms with E-state index in [9.17, 15) is 13.2 Å². The quantitative estimate of drug-likeness (QED) is 0.907. The monoisotopic (exact) mass is 254 g/mol. The Bertz CT molecular complexity index is 537. The van der Waals surface area contributed by atoms with Gasteiger partial charge in [-0.2, -0.15) is 13.2 Å². The summed E-state index contributed by atoms with van der Waals surface area (Å²) in [5.74, 6) is 0. The fraction of sp³-hybridized carbons (Fsp3) is 0.308. The fourth-order valence-corrected chi connectivity index (χ4v) is 1.87. The van der Waals surface area contributed by atoms with Gasteiger partial charge in [0, 0.05) is 11.6 Å². The van der Waals surface area contributed by atoms with Crippen LogP contribution in [0.3, 0.4) is 0 Å². The summed E-state index contributed by atoms with van der Waals surface area (Å²) in [4.78, 5) is 4.06. The van der Waals surface area contributed by atoms with Crippen LogP contribution in [0.4, 0.5) is 13.2 Å². The van der Waals surface area contributed by atoms with Crippen molar-refractivity contribution >= 4 is 10.9 Å². The van der Waals surface area contributed by atoms with Crippen molar-refractivity contribution in [2.24, 2.45) is 0 Å². The molecule has 1 unspecified atom stereocenters. The molecule has 0 saturated heterocycles. The maximum Gasteiger partial charge on any atom is 0.407 e. The zero-order valence-corrected chi connectivity index (χ0v) is 9.83. The number of para-hydroxylation sites is 1. The molecule has 0 amide bonds. The second kappa shape index (κ2) is 4.94. The topological polar surface area (TPSA) is 24.9 Å². The number of fused-ring (bicyclic) bond motifs is 1. The lowest BCUT2D eigenvalue weighted by Gasteiger charge is -2.21. The smallest absolute Gasteiger partial charge is 0.303 e. The minimum atomic E-state index is -4.32. The summed E-state index contributed by atoms with van der Waals surface area (Å²) in [7, 11) is 0. The van der Waals surface area contributed by atoms with Gasteiger partial charge in [-0.25, -0.2) is 0 Å². The molecule has 1 N–H and O–H groups in total. The van der Waals surface area contributed by atoms with Gasteiger partial charge >= 0.3 is 6.18 Å². The lowest BCUT2D eigenvalue weighted by atomic mass is 10.1. The summed E-state index contributed by atoms with van der Waals surface area (Å²) in [5, 5.41) is 3.15. The Kier molecular flexibility index (Phi) is 3.52. The van der Waals surface area contributed by atoms with Crippen LogP contribution >= 0.6 is 0 Å². The van der Waals surface area contributed by atoms with E-state index in [-0.39, 0.29) is 12.1 Å². The average Bonchev–Trinajstić information content (AvgIpc) is 2.34. The molecule has 5 heteroatoms. The first-order valence-corrected chi connectivity index (χ1v) is 5.67. The summed E-state index contributed by atoms with van der Waals surface area (Å²) in [6.07, 6.45) is -3.04. The number of hydrogen-bond donors (Lipinski definition) is 1. The first-order chi connectivity index (χ1) is 8.52. The molecule has 18 heavy (non-hydrogen) atoms. The van der Waals surface area contributed by atoms with Crippen molar-refractivity contribution in [3.63, 3.8) is 0 Å². The Labute approximate surface area is 103 Å². The number of hydrogen-bond acceptors (Lipinski definition) is 2. The van der Waals surface area contributed by atoms with Crippen LogP contribution in [0.15, 0.2) is 36.5 Å². The Balaban J connectivity index is 2.44. The molecule has 2 rings (SSSR count). The number of halogens is 3. The molecule has 0 spiro atoms. The van der Waals surface area contributed by atoms with E-state index >= 15 is 0 Å². The first kappa shape index (κ1) is 12.8. The van der Waals surface area contributed by atoms with Crippen LogP contribution in [0.1, 0.15) is 18.5 Å². The second-order valence-electron chi connectivity index (χ2n) is 3.99. The molecular formula is C13H13F3N2. The molecule has 1 atom stereocenters. The highest BCUT2D eigenvalue weighted by Crippen LogP contribution is 2.33. The maximum absolute atomic E-state index is 12.9. The molecule has 2 aromatic rings. The van der Waals surface area contributed by atoms with Crippen molar-refractivity contribution in [3.05, 3.63) is 42.1 Å². The molecule has 96 valence electrons. The van der Waals surface area contributed by atoms with Crippen molar-refractivity contribution in [2.75, 3.05) is 6.54 Å². The average molecular weight is 254 g/mol. The third-order valence-corrected chi connectivity index (χ3v) is 2.68. The Morgan fingerprint density at radius 3 is 2.67 bits per heavy atom. The lowest BCUT2D eigenvalue weighted by molar-refractivity contribution is -0.157. The minimum absolute atomic E-state index is 0.142. The van der Waals surface area contributed by atoms with Gasteiger partial charge in [-0.05, 0) is 24.2 Å². The number of aromatic nitrogens is 1. The van der Waals surface area contributed by atoms with Crippen molar-refractivity contribution in [1.82, 2.24) is 10.3 Å². The summed E-state index contributed by atoms with van der Waals surface area (Å²) >= 11 is 0. The van der Waals surface area contributed by atoms with E-state index in [1.54, 1.807) is 31.2 Å². The molecule has 2 nitrogen and oxygen atoms in total. The van der Waals surface area contributed by atoms with Crippen LogP contribution in [-0.4, -0.2) is 17.7 Å². The van der Waals surface area contributed by atoms with Crippen LogP contribution in [0, 0.1) is 0 Å². The van der Waals surface area contributed by atoms with Gasteiger partial charge in [0.1, 0.15) is 6.04 Å². The molecule has 0 aliphatic rings. The molecule has 0 saturated carbocycles. The van der Waals surface area contributed by atoms with Crippen molar-refractivity contribution < 1.29 is 13.2 Å². The number of pyridine rings is 1. The summed E-state index contributed by atoms with van der Waals surface area (Å²) in [6.45, 7) is 1.89. The number of benzene rings is 1. The predicted molar refractivity (Wildman–Crippen MR) is 64.2 cm³/mol.